The number of aliphatic hydroxyl groups is 1. The third-order valence-electron chi connectivity index (χ3n) is 2.04. The summed E-state index contributed by atoms with van der Waals surface area (Å²) in [4.78, 5) is 0. The fourth-order valence-corrected chi connectivity index (χ4v) is 1.17. The molecule has 0 aromatic heterocycles. The Hall–Kier alpha value is -1.14. The first-order valence-corrected chi connectivity index (χ1v) is 5.34. The lowest BCUT2D eigenvalue weighted by Gasteiger charge is -2.10. The van der Waals surface area contributed by atoms with Gasteiger partial charge >= 0.3 is 0 Å². The van der Waals surface area contributed by atoms with Crippen LogP contribution in [0.15, 0.2) is 24.3 Å². The van der Waals surface area contributed by atoms with Gasteiger partial charge in [0.05, 0.1) is 19.8 Å². The molecule has 0 spiro atoms. The molecule has 1 N–H and O–H groups in total. The minimum Gasteiger partial charge on any atom is -0.467 e. The summed E-state index contributed by atoms with van der Waals surface area (Å²) in [6.45, 7) is 1.22. The second kappa shape index (κ2) is 8.95. The van der Waals surface area contributed by atoms with E-state index in [4.69, 9.17) is 24.1 Å². The van der Waals surface area contributed by atoms with E-state index in [1.165, 1.54) is 0 Å². The van der Waals surface area contributed by atoms with Gasteiger partial charge < -0.3 is 24.1 Å². The molecule has 0 radical (unpaired) electrons. The molecule has 17 heavy (non-hydrogen) atoms. The molecule has 0 saturated carbocycles. The van der Waals surface area contributed by atoms with Crippen molar-refractivity contribution in [3.63, 3.8) is 0 Å². The first-order chi connectivity index (χ1) is 8.38. The molecular weight excluding hydrogens is 224 g/mol. The highest BCUT2D eigenvalue weighted by molar-refractivity contribution is 5.32. The molecule has 0 unspecified atom stereocenters. The Labute approximate surface area is 101 Å². The summed E-state index contributed by atoms with van der Waals surface area (Å²) in [5.41, 5.74) is 0.733. The normalized spacial score (nSPS) is 10.5. The van der Waals surface area contributed by atoms with Crippen molar-refractivity contribution in [1.29, 1.82) is 0 Å². The molecule has 0 aliphatic rings. The molecule has 1 aromatic rings. The average Bonchev–Trinajstić information content (AvgIpc) is 2.38. The van der Waals surface area contributed by atoms with E-state index in [1.807, 2.05) is 12.1 Å². The molecule has 0 saturated heterocycles. The molecule has 1 rings (SSSR count). The van der Waals surface area contributed by atoms with Crippen molar-refractivity contribution < 1.29 is 24.1 Å². The van der Waals surface area contributed by atoms with Gasteiger partial charge in [0, 0.05) is 12.7 Å². The van der Waals surface area contributed by atoms with Crippen LogP contribution in [0.25, 0.3) is 0 Å². The van der Waals surface area contributed by atoms with E-state index < -0.39 is 0 Å². The molecule has 1 aromatic carbocycles. The summed E-state index contributed by atoms with van der Waals surface area (Å²) in [6, 6.07) is 7.25. The van der Waals surface area contributed by atoms with Gasteiger partial charge in [0.15, 0.2) is 13.6 Å². The third-order valence-corrected chi connectivity index (χ3v) is 2.04. The molecule has 96 valence electrons. The zero-order valence-corrected chi connectivity index (χ0v) is 9.93. The van der Waals surface area contributed by atoms with E-state index in [9.17, 15) is 0 Å². The minimum atomic E-state index is -0.0550. The predicted octanol–water partition coefficient (Wildman–Crippen LogP) is 1.15. The number of ether oxygens (including phenoxy) is 4. The molecule has 5 nitrogen and oxygen atoms in total. The molecule has 0 fully saturated rings. The van der Waals surface area contributed by atoms with Gasteiger partial charge in [0.25, 0.3) is 0 Å². The maximum atomic E-state index is 9.06. The van der Waals surface area contributed by atoms with Gasteiger partial charge in [-0.25, -0.2) is 0 Å². The second-order valence-corrected chi connectivity index (χ2v) is 3.25. The van der Waals surface area contributed by atoms with Crippen LogP contribution in [0.2, 0.25) is 0 Å². The molecule has 0 aliphatic heterocycles. The Kier molecular flexibility index (Phi) is 7.33. The number of hydrogen-bond donors (Lipinski definition) is 1. The van der Waals surface area contributed by atoms with Crippen molar-refractivity contribution in [3.8, 4) is 5.75 Å². The fraction of sp³-hybridized carbons (Fsp3) is 0.500. The monoisotopic (exact) mass is 242 g/mol. The zero-order chi connectivity index (χ0) is 12.3. The van der Waals surface area contributed by atoms with Crippen LogP contribution < -0.4 is 4.74 Å². The number of rotatable bonds is 9. The zero-order valence-electron chi connectivity index (χ0n) is 9.93. The van der Waals surface area contributed by atoms with E-state index in [0.29, 0.717) is 19.0 Å². The van der Waals surface area contributed by atoms with Crippen LogP contribution in [0.3, 0.4) is 0 Å². The maximum Gasteiger partial charge on any atom is 0.191 e. The van der Waals surface area contributed by atoms with E-state index in [1.54, 1.807) is 19.2 Å². The van der Waals surface area contributed by atoms with E-state index in [2.05, 4.69) is 0 Å². The first kappa shape index (κ1) is 13.9. The van der Waals surface area contributed by atoms with Crippen LogP contribution in [0.4, 0.5) is 0 Å². The quantitative estimate of drug-likeness (QED) is 0.520. The predicted molar refractivity (Wildman–Crippen MR) is 61.6 cm³/mol. The van der Waals surface area contributed by atoms with Gasteiger partial charge in [-0.1, -0.05) is 18.2 Å². The van der Waals surface area contributed by atoms with Crippen molar-refractivity contribution in [1.82, 2.24) is 0 Å². The molecule has 0 atom stereocenters. The number of hydrogen-bond acceptors (Lipinski definition) is 5. The second-order valence-electron chi connectivity index (χ2n) is 3.25. The van der Waals surface area contributed by atoms with Gasteiger partial charge in [-0.05, 0) is 6.07 Å². The standard InChI is InChI=1S/C12H18O5/c1-14-6-7-15-9-16-10-17-12-5-3-2-4-11(12)8-13/h2-5,13H,6-10H2,1H3. The number of aliphatic hydroxyl groups excluding tert-OH is 1. The Morgan fingerprint density at radius 1 is 1.06 bits per heavy atom. The van der Waals surface area contributed by atoms with Crippen LogP contribution in [-0.2, 0) is 20.8 Å². The van der Waals surface area contributed by atoms with Gasteiger partial charge in [0.2, 0.25) is 0 Å². The van der Waals surface area contributed by atoms with Gasteiger partial charge in [0.1, 0.15) is 5.75 Å². The molecule has 0 aliphatic carbocycles. The molecular formula is C12H18O5. The third kappa shape index (κ3) is 5.65. The lowest BCUT2D eigenvalue weighted by molar-refractivity contribution is -0.106. The van der Waals surface area contributed by atoms with Gasteiger partial charge in [-0.15, -0.1) is 0 Å². The smallest absolute Gasteiger partial charge is 0.191 e. The SMILES string of the molecule is COCCOCOCOc1ccccc1CO. The van der Waals surface area contributed by atoms with Crippen LogP contribution >= 0.6 is 0 Å². The average molecular weight is 242 g/mol. The summed E-state index contributed by atoms with van der Waals surface area (Å²) in [5.74, 6) is 0.617. The molecule has 5 heteroatoms. The van der Waals surface area contributed by atoms with Crippen LogP contribution in [0.1, 0.15) is 5.56 Å². The fourth-order valence-electron chi connectivity index (χ4n) is 1.17. The number of para-hydroxylation sites is 1. The van der Waals surface area contributed by atoms with Crippen molar-refractivity contribution in [2.24, 2.45) is 0 Å². The van der Waals surface area contributed by atoms with E-state index in [0.717, 1.165) is 5.56 Å². The van der Waals surface area contributed by atoms with Crippen LogP contribution in [-0.4, -0.2) is 39.0 Å². The van der Waals surface area contributed by atoms with Crippen LogP contribution in [0.5, 0.6) is 5.75 Å². The minimum absolute atomic E-state index is 0.0550. The Bertz CT molecular complexity index is 303. The number of methoxy groups -OCH3 is 1. The lowest BCUT2D eigenvalue weighted by Crippen LogP contribution is -2.10. The molecule has 0 amide bonds. The highest BCUT2D eigenvalue weighted by Gasteiger charge is 2.00. The maximum absolute atomic E-state index is 9.06. The highest BCUT2D eigenvalue weighted by Crippen LogP contribution is 2.17. The van der Waals surface area contributed by atoms with Crippen molar-refractivity contribution in [3.05, 3.63) is 29.8 Å². The van der Waals surface area contributed by atoms with E-state index >= 15 is 0 Å². The number of benzene rings is 1. The Morgan fingerprint density at radius 2 is 1.88 bits per heavy atom. The molecule has 0 heterocycles. The van der Waals surface area contributed by atoms with Crippen LogP contribution in [0, 0.1) is 0 Å². The topological polar surface area (TPSA) is 57.2 Å². The Morgan fingerprint density at radius 3 is 2.65 bits per heavy atom. The largest absolute Gasteiger partial charge is 0.467 e. The lowest BCUT2D eigenvalue weighted by atomic mass is 10.2. The highest BCUT2D eigenvalue weighted by atomic mass is 16.7. The summed E-state index contributed by atoms with van der Waals surface area (Å²) < 4.78 is 20.3. The summed E-state index contributed by atoms with van der Waals surface area (Å²) in [6.07, 6.45) is 0. The Balaban J connectivity index is 2.13. The van der Waals surface area contributed by atoms with Gasteiger partial charge in [-0.2, -0.15) is 0 Å². The van der Waals surface area contributed by atoms with Crippen molar-refractivity contribution >= 4 is 0 Å². The van der Waals surface area contributed by atoms with Crippen molar-refractivity contribution in [2.75, 3.05) is 33.9 Å². The van der Waals surface area contributed by atoms with Gasteiger partial charge in [-0.3, -0.25) is 0 Å². The summed E-state index contributed by atoms with van der Waals surface area (Å²) >= 11 is 0. The van der Waals surface area contributed by atoms with E-state index in [-0.39, 0.29) is 20.2 Å². The summed E-state index contributed by atoms with van der Waals surface area (Å²) in [7, 11) is 1.61. The van der Waals surface area contributed by atoms with Crippen molar-refractivity contribution in [2.45, 2.75) is 6.61 Å². The summed E-state index contributed by atoms with van der Waals surface area (Å²) in [5, 5.41) is 9.06. The molecule has 0 bridgehead atoms. The first-order valence-electron chi connectivity index (χ1n) is 5.34.